The fraction of sp³-hybridized carbons (Fsp3) is 0.333. The number of anilines is 1. The van der Waals surface area contributed by atoms with Crippen LogP contribution in [0.15, 0.2) is 42.4 Å². The molecule has 2 aromatic rings. The SMILES string of the molecule is CC(C)(O)CCCc1ccc2cc(O)c(N3C=C(O)NS3(=O)=O)cc2c1. The Balaban J connectivity index is 1.93. The van der Waals surface area contributed by atoms with Gasteiger partial charge >= 0.3 is 10.2 Å². The number of hydrogen-bond acceptors (Lipinski definition) is 5. The monoisotopic (exact) mass is 378 g/mol. The molecule has 0 aliphatic carbocycles. The number of aryl methyl sites for hydroxylation is 1. The minimum atomic E-state index is -3.97. The lowest BCUT2D eigenvalue weighted by molar-refractivity contribution is 0.0689. The first kappa shape index (κ1) is 18.3. The number of aliphatic hydroxyl groups excluding tert-OH is 1. The van der Waals surface area contributed by atoms with Crippen LogP contribution in [0.4, 0.5) is 5.69 Å². The van der Waals surface area contributed by atoms with Crippen LogP contribution >= 0.6 is 0 Å². The second kappa shape index (κ2) is 6.37. The molecule has 3 rings (SSSR count). The Bertz CT molecular complexity index is 977. The van der Waals surface area contributed by atoms with Crippen molar-refractivity contribution in [1.82, 2.24) is 4.72 Å². The zero-order valence-electron chi connectivity index (χ0n) is 14.6. The van der Waals surface area contributed by atoms with Crippen LogP contribution in [0.3, 0.4) is 0 Å². The lowest BCUT2D eigenvalue weighted by Crippen LogP contribution is -2.29. The summed E-state index contributed by atoms with van der Waals surface area (Å²) < 4.78 is 26.8. The number of aliphatic hydroxyl groups is 2. The molecular weight excluding hydrogens is 356 g/mol. The third kappa shape index (κ3) is 3.86. The van der Waals surface area contributed by atoms with Crippen molar-refractivity contribution in [3.8, 4) is 5.75 Å². The molecule has 1 heterocycles. The molecule has 26 heavy (non-hydrogen) atoms. The van der Waals surface area contributed by atoms with E-state index >= 15 is 0 Å². The van der Waals surface area contributed by atoms with Crippen molar-refractivity contribution in [2.24, 2.45) is 0 Å². The van der Waals surface area contributed by atoms with E-state index in [0.29, 0.717) is 6.42 Å². The molecule has 0 bridgehead atoms. The molecule has 0 spiro atoms. The first-order valence-electron chi connectivity index (χ1n) is 8.26. The van der Waals surface area contributed by atoms with Crippen LogP contribution in [0, 0.1) is 0 Å². The smallest absolute Gasteiger partial charge is 0.330 e. The Morgan fingerprint density at radius 3 is 2.46 bits per heavy atom. The van der Waals surface area contributed by atoms with E-state index in [1.54, 1.807) is 19.9 Å². The van der Waals surface area contributed by atoms with Gasteiger partial charge in [0, 0.05) is 0 Å². The van der Waals surface area contributed by atoms with Crippen molar-refractivity contribution < 1.29 is 23.7 Å². The Morgan fingerprint density at radius 1 is 1.12 bits per heavy atom. The van der Waals surface area contributed by atoms with Gasteiger partial charge in [-0.25, -0.2) is 9.03 Å². The van der Waals surface area contributed by atoms with Gasteiger partial charge in [0.05, 0.1) is 11.8 Å². The predicted molar refractivity (Wildman–Crippen MR) is 100 cm³/mol. The average molecular weight is 378 g/mol. The van der Waals surface area contributed by atoms with E-state index in [9.17, 15) is 23.7 Å². The Labute approximate surface area is 152 Å². The van der Waals surface area contributed by atoms with E-state index in [1.807, 2.05) is 22.9 Å². The molecular formula is C18H22N2O5S. The molecule has 0 aromatic heterocycles. The number of nitrogens with one attached hydrogen (secondary N) is 1. The van der Waals surface area contributed by atoms with Crippen LogP contribution in [0.25, 0.3) is 10.8 Å². The van der Waals surface area contributed by atoms with Gasteiger partial charge in [0.15, 0.2) is 0 Å². The number of phenols is 1. The van der Waals surface area contributed by atoms with Crippen LogP contribution in [-0.4, -0.2) is 29.3 Å². The molecule has 0 amide bonds. The highest BCUT2D eigenvalue weighted by atomic mass is 32.2. The van der Waals surface area contributed by atoms with Gasteiger partial charge in [-0.2, -0.15) is 8.42 Å². The summed E-state index contributed by atoms with van der Waals surface area (Å²) in [7, 11) is -3.97. The number of benzene rings is 2. The summed E-state index contributed by atoms with van der Waals surface area (Å²) in [6.07, 6.45) is 3.28. The molecule has 8 heteroatoms. The maximum absolute atomic E-state index is 12.0. The van der Waals surface area contributed by atoms with E-state index in [0.717, 1.165) is 39.7 Å². The van der Waals surface area contributed by atoms with Crippen LogP contribution in [0.2, 0.25) is 0 Å². The summed E-state index contributed by atoms with van der Waals surface area (Å²) in [6.45, 7) is 3.55. The molecule has 1 aliphatic rings. The molecule has 0 atom stereocenters. The topological polar surface area (TPSA) is 110 Å². The first-order valence-corrected chi connectivity index (χ1v) is 9.70. The first-order chi connectivity index (χ1) is 12.0. The van der Waals surface area contributed by atoms with Gasteiger partial charge in [0.25, 0.3) is 0 Å². The van der Waals surface area contributed by atoms with E-state index in [-0.39, 0.29) is 11.4 Å². The summed E-state index contributed by atoms with van der Waals surface area (Å²) in [4.78, 5) is 0. The summed E-state index contributed by atoms with van der Waals surface area (Å²) in [5.41, 5.74) is 0.406. The van der Waals surface area contributed by atoms with Gasteiger partial charge in [-0.1, -0.05) is 18.2 Å². The van der Waals surface area contributed by atoms with Crippen molar-refractivity contribution >= 4 is 26.7 Å². The molecule has 0 unspecified atom stereocenters. The summed E-state index contributed by atoms with van der Waals surface area (Å²) in [5, 5.41) is 31.0. The molecule has 0 fully saturated rings. The van der Waals surface area contributed by atoms with Gasteiger partial charge in [-0.15, -0.1) is 0 Å². The third-order valence-electron chi connectivity index (χ3n) is 4.22. The van der Waals surface area contributed by atoms with E-state index < -0.39 is 21.7 Å². The second-order valence-corrected chi connectivity index (χ2v) is 8.65. The van der Waals surface area contributed by atoms with Crippen LogP contribution < -0.4 is 9.03 Å². The largest absolute Gasteiger partial charge is 0.506 e. The molecule has 4 N–H and O–H groups in total. The number of phenolic OH excluding ortho intramolecular Hbond substituents is 1. The fourth-order valence-corrected chi connectivity index (χ4v) is 4.03. The Hall–Kier alpha value is -2.45. The highest BCUT2D eigenvalue weighted by Crippen LogP contribution is 2.36. The van der Waals surface area contributed by atoms with Crippen LogP contribution in [0.5, 0.6) is 5.75 Å². The maximum atomic E-state index is 12.0. The zero-order valence-corrected chi connectivity index (χ0v) is 15.4. The highest BCUT2D eigenvalue weighted by molar-refractivity contribution is 7.91. The quantitative estimate of drug-likeness (QED) is 0.639. The Morgan fingerprint density at radius 2 is 1.85 bits per heavy atom. The van der Waals surface area contributed by atoms with Gasteiger partial charge in [-0.3, -0.25) is 0 Å². The fourth-order valence-electron chi connectivity index (χ4n) is 2.97. The summed E-state index contributed by atoms with van der Waals surface area (Å²) in [6, 6.07) is 8.80. The minimum Gasteiger partial charge on any atom is -0.506 e. The van der Waals surface area contributed by atoms with Gasteiger partial charge < -0.3 is 15.3 Å². The van der Waals surface area contributed by atoms with Crippen molar-refractivity contribution in [2.45, 2.75) is 38.7 Å². The predicted octanol–water partition coefficient (Wildman–Crippen LogP) is 2.65. The van der Waals surface area contributed by atoms with Gasteiger partial charge in [0.2, 0.25) is 5.88 Å². The number of fused-ring (bicyclic) bond motifs is 1. The number of nitrogens with zero attached hydrogens (tertiary/aromatic N) is 1. The summed E-state index contributed by atoms with van der Waals surface area (Å²) >= 11 is 0. The second-order valence-electron chi connectivity index (χ2n) is 7.11. The molecule has 140 valence electrons. The van der Waals surface area contributed by atoms with Crippen molar-refractivity contribution in [3.05, 3.63) is 48.0 Å². The third-order valence-corrected chi connectivity index (χ3v) is 5.51. The van der Waals surface area contributed by atoms with Gasteiger partial charge in [0.1, 0.15) is 11.4 Å². The van der Waals surface area contributed by atoms with E-state index in [4.69, 9.17) is 0 Å². The molecule has 1 aliphatic heterocycles. The standard InChI is InChI=1S/C18H22N2O5S/c1-18(2,23)7-3-4-12-5-6-13-10-16(21)15(9-14(13)8-12)20-11-17(22)19-26(20,24)25/h5-6,8-11,19,21-23H,3-4,7H2,1-2H3. The lowest BCUT2D eigenvalue weighted by Gasteiger charge is -2.17. The number of hydrogen-bond donors (Lipinski definition) is 4. The molecule has 2 aromatic carbocycles. The van der Waals surface area contributed by atoms with Crippen LogP contribution in [0.1, 0.15) is 32.3 Å². The number of rotatable bonds is 5. The summed E-state index contributed by atoms with van der Waals surface area (Å²) in [5.74, 6) is -0.714. The van der Waals surface area contributed by atoms with E-state index in [1.165, 1.54) is 6.07 Å². The van der Waals surface area contributed by atoms with Crippen molar-refractivity contribution in [3.63, 3.8) is 0 Å². The van der Waals surface area contributed by atoms with Crippen LogP contribution in [-0.2, 0) is 16.6 Å². The molecule has 7 nitrogen and oxygen atoms in total. The number of aromatic hydroxyl groups is 1. The average Bonchev–Trinajstić information content (AvgIpc) is 2.78. The lowest BCUT2D eigenvalue weighted by atomic mass is 9.97. The highest BCUT2D eigenvalue weighted by Gasteiger charge is 2.30. The Kier molecular flexibility index (Phi) is 4.49. The molecule has 0 saturated carbocycles. The zero-order chi connectivity index (χ0) is 19.1. The normalized spacial score (nSPS) is 16.6. The molecule has 0 radical (unpaired) electrons. The van der Waals surface area contributed by atoms with E-state index in [2.05, 4.69) is 0 Å². The van der Waals surface area contributed by atoms with Gasteiger partial charge in [-0.05, 0) is 61.6 Å². The molecule has 0 saturated heterocycles. The maximum Gasteiger partial charge on any atom is 0.330 e. The minimum absolute atomic E-state index is 0.0580. The van der Waals surface area contributed by atoms with Crippen molar-refractivity contribution in [1.29, 1.82) is 0 Å². The van der Waals surface area contributed by atoms with Crippen molar-refractivity contribution in [2.75, 3.05) is 4.31 Å².